The zero-order valence-corrected chi connectivity index (χ0v) is 8.92. The summed E-state index contributed by atoms with van der Waals surface area (Å²) >= 11 is 1.70. The first-order valence-corrected chi connectivity index (χ1v) is 5.57. The van der Waals surface area contributed by atoms with Crippen LogP contribution in [0.1, 0.15) is 15.2 Å². The highest BCUT2D eigenvalue weighted by atomic mass is 32.1. The number of carbonyl (C=O) groups excluding carboxylic acids is 1. The van der Waals surface area contributed by atoms with Gasteiger partial charge >= 0.3 is 0 Å². The number of furan rings is 1. The molecule has 3 nitrogen and oxygen atoms in total. The monoisotopic (exact) mass is 221 g/mol. The summed E-state index contributed by atoms with van der Waals surface area (Å²) in [6, 6.07) is 5.73. The van der Waals surface area contributed by atoms with Crippen LogP contribution in [0.15, 0.2) is 40.5 Å². The molecule has 0 aliphatic rings. The number of hydrogen-bond donors (Lipinski definition) is 1. The fourth-order valence-corrected chi connectivity index (χ4v) is 1.96. The van der Waals surface area contributed by atoms with Gasteiger partial charge in [0.05, 0.1) is 11.8 Å². The third-order valence-corrected chi connectivity index (χ3v) is 2.96. The summed E-state index contributed by atoms with van der Waals surface area (Å²) in [7, 11) is 0. The highest BCUT2D eigenvalue weighted by molar-refractivity contribution is 7.09. The van der Waals surface area contributed by atoms with Crippen molar-refractivity contribution in [1.29, 1.82) is 0 Å². The Labute approximate surface area is 91.7 Å². The predicted molar refractivity (Wildman–Crippen MR) is 59.1 cm³/mol. The lowest BCUT2D eigenvalue weighted by atomic mass is 10.3. The van der Waals surface area contributed by atoms with Crippen LogP contribution >= 0.6 is 11.3 Å². The van der Waals surface area contributed by atoms with Crippen molar-refractivity contribution in [1.82, 2.24) is 5.32 Å². The molecule has 15 heavy (non-hydrogen) atoms. The van der Waals surface area contributed by atoms with E-state index in [1.54, 1.807) is 17.4 Å². The van der Waals surface area contributed by atoms with Gasteiger partial charge in [0, 0.05) is 11.4 Å². The largest absolute Gasteiger partial charge is 0.472 e. The van der Waals surface area contributed by atoms with Gasteiger partial charge in [-0.2, -0.15) is 0 Å². The molecular weight excluding hydrogens is 210 g/mol. The SMILES string of the molecule is O=C(NCCc1cccs1)c1ccoc1. The topological polar surface area (TPSA) is 42.2 Å². The number of hydrogen-bond acceptors (Lipinski definition) is 3. The van der Waals surface area contributed by atoms with Gasteiger partial charge in [-0.15, -0.1) is 11.3 Å². The van der Waals surface area contributed by atoms with Crippen molar-refractivity contribution in [2.24, 2.45) is 0 Å². The van der Waals surface area contributed by atoms with Crippen LogP contribution in [0.4, 0.5) is 0 Å². The van der Waals surface area contributed by atoms with Crippen LogP contribution in [-0.2, 0) is 6.42 Å². The molecule has 1 N–H and O–H groups in total. The number of carbonyl (C=O) groups is 1. The number of nitrogens with one attached hydrogen (secondary N) is 1. The standard InChI is InChI=1S/C11H11NO2S/c13-11(9-4-6-14-8-9)12-5-3-10-2-1-7-15-10/h1-2,4,6-8H,3,5H2,(H,12,13). The second kappa shape index (κ2) is 4.79. The van der Waals surface area contributed by atoms with Gasteiger partial charge in [-0.25, -0.2) is 0 Å². The molecule has 0 atom stereocenters. The summed E-state index contributed by atoms with van der Waals surface area (Å²) in [6.07, 6.45) is 3.82. The molecule has 0 spiro atoms. The zero-order chi connectivity index (χ0) is 10.5. The molecule has 0 fully saturated rings. The third kappa shape index (κ3) is 2.70. The lowest BCUT2D eigenvalue weighted by Gasteiger charge is -2.01. The normalized spacial score (nSPS) is 10.1. The summed E-state index contributed by atoms with van der Waals surface area (Å²) in [5, 5.41) is 4.87. The fourth-order valence-electron chi connectivity index (χ4n) is 1.25. The molecule has 4 heteroatoms. The van der Waals surface area contributed by atoms with Crippen molar-refractivity contribution >= 4 is 17.2 Å². The van der Waals surface area contributed by atoms with Crippen LogP contribution in [0.3, 0.4) is 0 Å². The molecule has 0 saturated heterocycles. The van der Waals surface area contributed by atoms with Crippen molar-refractivity contribution in [3.8, 4) is 0 Å². The maximum absolute atomic E-state index is 11.5. The maximum Gasteiger partial charge on any atom is 0.254 e. The van der Waals surface area contributed by atoms with E-state index < -0.39 is 0 Å². The van der Waals surface area contributed by atoms with E-state index in [4.69, 9.17) is 4.42 Å². The fraction of sp³-hybridized carbons (Fsp3) is 0.182. The Morgan fingerprint density at radius 2 is 2.40 bits per heavy atom. The highest BCUT2D eigenvalue weighted by Crippen LogP contribution is 2.08. The van der Waals surface area contributed by atoms with Crippen LogP contribution in [0.5, 0.6) is 0 Å². The minimum Gasteiger partial charge on any atom is -0.472 e. The van der Waals surface area contributed by atoms with Gasteiger partial charge in [-0.1, -0.05) is 6.07 Å². The number of rotatable bonds is 4. The molecule has 78 valence electrons. The van der Waals surface area contributed by atoms with Crippen LogP contribution in [0, 0.1) is 0 Å². The van der Waals surface area contributed by atoms with Crippen molar-refractivity contribution < 1.29 is 9.21 Å². The maximum atomic E-state index is 11.5. The first-order chi connectivity index (χ1) is 7.36. The van der Waals surface area contributed by atoms with Crippen LogP contribution in [-0.4, -0.2) is 12.5 Å². The number of amides is 1. The van der Waals surface area contributed by atoms with E-state index in [1.807, 2.05) is 11.4 Å². The van der Waals surface area contributed by atoms with Gasteiger partial charge in [0.25, 0.3) is 5.91 Å². The molecule has 2 aromatic heterocycles. The van der Waals surface area contributed by atoms with E-state index in [1.165, 1.54) is 17.4 Å². The van der Waals surface area contributed by atoms with Gasteiger partial charge < -0.3 is 9.73 Å². The molecule has 1 amide bonds. The molecule has 0 saturated carbocycles. The Balaban J connectivity index is 1.77. The predicted octanol–water partition coefficient (Wildman–Crippen LogP) is 2.31. The molecule has 0 aliphatic carbocycles. The van der Waals surface area contributed by atoms with E-state index in [2.05, 4.69) is 11.4 Å². The Morgan fingerprint density at radius 3 is 3.07 bits per heavy atom. The lowest BCUT2D eigenvalue weighted by Crippen LogP contribution is -2.24. The molecule has 2 rings (SSSR count). The molecule has 2 aromatic rings. The van der Waals surface area contributed by atoms with E-state index in [0.29, 0.717) is 12.1 Å². The van der Waals surface area contributed by atoms with Gasteiger partial charge in [0.2, 0.25) is 0 Å². The molecule has 0 aromatic carbocycles. The summed E-state index contributed by atoms with van der Waals surface area (Å²) in [6.45, 7) is 0.657. The minimum atomic E-state index is -0.0830. The second-order valence-electron chi connectivity index (χ2n) is 3.10. The molecule has 2 heterocycles. The first kappa shape index (κ1) is 9.98. The van der Waals surface area contributed by atoms with Crippen molar-refractivity contribution in [2.75, 3.05) is 6.54 Å². The van der Waals surface area contributed by atoms with Gasteiger partial charge in [0.1, 0.15) is 6.26 Å². The van der Waals surface area contributed by atoms with Crippen LogP contribution < -0.4 is 5.32 Å². The van der Waals surface area contributed by atoms with Crippen LogP contribution in [0.25, 0.3) is 0 Å². The van der Waals surface area contributed by atoms with Crippen molar-refractivity contribution in [3.05, 3.63) is 46.5 Å². The van der Waals surface area contributed by atoms with Gasteiger partial charge in [-0.3, -0.25) is 4.79 Å². The summed E-state index contributed by atoms with van der Waals surface area (Å²) < 4.78 is 4.83. The zero-order valence-electron chi connectivity index (χ0n) is 8.10. The molecule has 0 bridgehead atoms. The van der Waals surface area contributed by atoms with E-state index in [-0.39, 0.29) is 5.91 Å². The van der Waals surface area contributed by atoms with E-state index >= 15 is 0 Å². The van der Waals surface area contributed by atoms with Gasteiger partial charge in [-0.05, 0) is 23.9 Å². The van der Waals surface area contributed by atoms with Crippen LogP contribution in [0.2, 0.25) is 0 Å². The lowest BCUT2D eigenvalue weighted by molar-refractivity contribution is 0.0953. The third-order valence-electron chi connectivity index (χ3n) is 2.02. The summed E-state index contributed by atoms with van der Waals surface area (Å²) in [5.41, 5.74) is 0.571. The minimum absolute atomic E-state index is 0.0830. The van der Waals surface area contributed by atoms with Crippen molar-refractivity contribution in [3.63, 3.8) is 0 Å². The summed E-state index contributed by atoms with van der Waals surface area (Å²) in [5.74, 6) is -0.0830. The highest BCUT2D eigenvalue weighted by Gasteiger charge is 2.05. The Morgan fingerprint density at radius 1 is 1.47 bits per heavy atom. The average molecular weight is 221 g/mol. The Bertz CT molecular complexity index is 406. The molecule has 0 radical (unpaired) electrons. The quantitative estimate of drug-likeness (QED) is 0.860. The summed E-state index contributed by atoms with van der Waals surface area (Å²) in [4.78, 5) is 12.7. The van der Waals surface area contributed by atoms with Gasteiger partial charge in [0.15, 0.2) is 0 Å². The molecule has 0 unspecified atom stereocenters. The molecule has 0 aliphatic heterocycles. The van der Waals surface area contributed by atoms with E-state index in [0.717, 1.165) is 6.42 Å². The van der Waals surface area contributed by atoms with Crippen molar-refractivity contribution in [2.45, 2.75) is 6.42 Å². The Kier molecular flexibility index (Phi) is 3.19. The Hall–Kier alpha value is -1.55. The molecular formula is C11H11NO2S. The average Bonchev–Trinajstić information content (AvgIpc) is 2.90. The second-order valence-corrected chi connectivity index (χ2v) is 4.13. The number of thiophene rings is 1. The first-order valence-electron chi connectivity index (χ1n) is 4.69. The van der Waals surface area contributed by atoms with E-state index in [9.17, 15) is 4.79 Å². The smallest absolute Gasteiger partial charge is 0.254 e.